The van der Waals surface area contributed by atoms with Crippen LogP contribution >= 0.6 is 24.0 Å². The molecule has 1 aromatic rings. The van der Waals surface area contributed by atoms with Crippen LogP contribution in [0, 0.1) is 6.92 Å². The van der Waals surface area contributed by atoms with Crippen LogP contribution < -0.4 is 10.9 Å². The smallest absolute Gasteiger partial charge is 0.291 e. The van der Waals surface area contributed by atoms with Crippen molar-refractivity contribution in [2.75, 3.05) is 6.26 Å². The summed E-state index contributed by atoms with van der Waals surface area (Å²) in [5.74, 6) is 0.209. The predicted octanol–water partition coefficient (Wildman–Crippen LogP) is 0.865. The van der Waals surface area contributed by atoms with E-state index in [9.17, 15) is 4.79 Å². The number of nitrogens with zero attached hydrogens (tertiary/aromatic N) is 1. The Morgan fingerprint density at radius 3 is 2.86 bits per heavy atom. The molecule has 0 bridgehead atoms. The van der Waals surface area contributed by atoms with Crippen LogP contribution in [0.1, 0.15) is 16.2 Å². The molecule has 0 aliphatic rings. The first-order valence-electron chi connectivity index (χ1n) is 3.71. The fraction of sp³-hybridized carbons (Fsp3) is 0.286. The molecular weight excluding hydrogens is 222 g/mol. The number of hydrogen-bond acceptors (Lipinski definition) is 5. The number of carbonyl (C=O) groups excluding carboxylic acids is 1. The molecule has 0 aliphatic carbocycles. The fourth-order valence-corrected chi connectivity index (χ4v) is 0.900. The lowest BCUT2D eigenvalue weighted by atomic mass is 10.4. The number of nitrogens with one attached hydrogen (secondary N) is 2. The van der Waals surface area contributed by atoms with E-state index in [1.165, 1.54) is 11.8 Å². The zero-order valence-corrected chi connectivity index (χ0v) is 9.29. The summed E-state index contributed by atoms with van der Waals surface area (Å²) in [5.41, 5.74) is 5.16. The minimum Gasteiger partial charge on any atom is -0.361 e. The summed E-state index contributed by atoms with van der Waals surface area (Å²) >= 11 is 6.15. The van der Waals surface area contributed by atoms with Crippen molar-refractivity contribution in [2.24, 2.45) is 0 Å². The molecular formula is C7H9N3O2S2. The largest absolute Gasteiger partial charge is 0.361 e. The molecule has 0 aromatic carbocycles. The van der Waals surface area contributed by atoms with E-state index < -0.39 is 0 Å². The van der Waals surface area contributed by atoms with Crippen LogP contribution in [0.2, 0.25) is 0 Å². The molecule has 0 radical (unpaired) electrons. The normalized spacial score (nSPS) is 9.57. The van der Waals surface area contributed by atoms with E-state index in [0.29, 0.717) is 10.1 Å². The average molecular weight is 231 g/mol. The van der Waals surface area contributed by atoms with Crippen LogP contribution in [0.5, 0.6) is 0 Å². The number of aromatic nitrogens is 1. The molecule has 7 heteroatoms. The molecule has 1 rings (SSSR count). The summed E-state index contributed by atoms with van der Waals surface area (Å²) in [4.78, 5) is 11.3. The van der Waals surface area contributed by atoms with Crippen molar-refractivity contribution in [2.45, 2.75) is 6.92 Å². The Balaban J connectivity index is 2.47. The van der Waals surface area contributed by atoms with Crippen molar-refractivity contribution in [1.29, 1.82) is 0 Å². The third kappa shape index (κ3) is 3.00. The Labute approximate surface area is 90.6 Å². The predicted molar refractivity (Wildman–Crippen MR) is 58.0 cm³/mol. The number of thioether (sulfide) groups is 1. The van der Waals surface area contributed by atoms with Gasteiger partial charge in [-0.25, -0.2) is 0 Å². The van der Waals surface area contributed by atoms with Gasteiger partial charge in [0.2, 0.25) is 0 Å². The summed E-state index contributed by atoms with van der Waals surface area (Å²) in [6.07, 6.45) is 1.81. The molecule has 0 aliphatic heterocycles. The highest BCUT2D eigenvalue weighted by atomic mass is 32.2. The quantitative estimate of drug-likeness (QED) is 0.552. The number of thiocarbonyl (C=S) groups is 1. The summed E-state index contributed by atoms with van der Waals surface area (Å²) < 4.78 is 5.23. The molecule has 76 valence electrons. The van der Waals surface area contributed by atoms with E-state index in [1.54, 1.807) is 13.0 Å². The topological polar surface area (TPSA) is 67.2 Å². The molecule has 0 unspecified atom stereocenters. The van der Waals surface area contributed by atoms with Crippen molar-refractivity contribution in [3.05, 3.63) is 17.5 Å². The summed E-state index contributed by atoms with van der Waals surface area (Å²) in [7, 11) is 0. The second kappa shape index (κ2) is 4.97. The van der Waals surface area contributed by atoms with Crippen molar-refractivity contribution >= 4 is 34.2 Å². The molecule has 0 spiro atoms. The molecule has 0 saturated carbocycles. The number of hydrazine groups is 1. The molecule has 0 saturated heterocycles. The summed E-state index contributed by atoms with van der Waals surface area (Å²) in [5, 5.41) is 3.54. The molecule has 0 fully saturated rings. The van der Waals surface area contributed by atoms with Crippen LogP contribution in [0.4, 0.5) is 0 Å². The lowest BCUT2D eigenvalue weighted by Gasteiger charge is -2.04. The third-order valence-corrected chi connectivity index (χ3v) is 2.40. The van der Waals surface area contributed by atoms with Crippen LogP contribution in [0.3, 0.4) is 0 Å². The van der Waals surface area contributed by atoms with Crippen molar-refractivity contribution in [3.8, 4) is 0 Å². The number of carbonyl (C=O) groups is 1. The van der Waals surface area contributed by atoms with Gasteiger partial charge in [0.1, 0.15) is 5.76 Å². The fourth-order valence-electron chi connectivity index (χ4n) is 0.696. The van der Waals surface area contributed by atoms with Gasteiger partial charge in [0, 0.05) is 6.07 Å². The molecule has 5 nitrogen and oxygen atoms in total. The minimum absolute atomic E-state index is 0.221. The summed E-state index contributed by atoms with van der Waals surface area (Å²) in [6.45, 7) is 1.71. The van der Waals surface area contributed by atoms with Crippen molar-refractivity contribution in [3.63, 3.8) is 0 Å². The van der Waals surface area contributed by atoms with Gasteiger partial charge in [-0.15, -0.1) is 0 Å². The minimum atomic E-state index is -0.377. The maximum Gasteiger partial charge on any atom is 0.291 e. The van der Waals surface area contributed by atoms with Crippen LogP contribution in [-0.2, 0) is 0 Å². The van der Waals surface area contributed by atoms with Gasteiger partial charge in [0.15, 0.2) is 10.0 Å². The van der Waals surface area contributed by atoms with Gasteiger partial charge < -0.3 is 4.52 Å². The Morgan fingerprint density at radius 1 is 1.64 bits per heavy atom. The number of hydrogen-bond donors (Lipinski definition) is 2. The lowest BCUT2D eigenvalue weighted by molar-refractivity contribution is 0.0935. The Morgan fingerprint density at radius 2 is 2.36 bits per heavy atom. The molecule has 1 amide bonds. The second-order valence-electron chi connectivity index (χ2n) is 2.39. The lowest BCUT2D eigenvalue weighted by Crippen LogP contribution is -2.39. The number of rotatable bonds is 1. The van der Waals surface area contributed by atoms with E-state index in [0.717, 1.165) is 0 Å². The second-order valence-corrected chi connectivity index (χ2v) is 3.88. The van der Waals surface area contributed by atoms with E-state index >= 15 is 0 Å². The molecule has 1 aromatic heterocycles. The highest BCUT2D eigenvalue weighted by molar-refractivity contribution is 8.22. The monoisotopic (exact) mass is 231 g/mol. The molecule has 14 heavy (non-hydrogen) atoms. The van der Waals surface area contributed by atoms with Gasteiger partial charge >= 0.3 is 0 Å². The summed E-state index contributed by atoms with van der Waals surface area (Å²) in [6, 6.07) is 1.54. The van der Waals surface area contributed by atoms with E-state index in [1.807, 2.05) is 6.26 Å². The van der Waals surface area contributed by atoms with Crippen LogP contribution in [0.25, 0.3) is 0 Å². The van der Waals surface area contributed by atoms with Crippen LogP contribution in [0.15, 0.2) is 10.6 Å². The third-order valence-electron chi connectivity index (χ3n) is 1.32. The zero-order valence-electron chi connectivity index (χ0n) is 7.66. The number of aryl methyl sites for hydroxylation is 1. The van der Waals surface area contributed by atoms with Crippen molar-refractivity contribution in [1.82, 2.24) is 16.0 Å². The maximum atomic E-state index is 11.3. The standard InChI is InChI=1S/C7H9N3O2S2/c1-4-3-5(10-12-4)6(11)8-9-7(13)14-2/h3H,1-2H3,(H,8,11)(H,9,13). The highest BCUT2D eigenvalue weighted by Gasteiger charge is 2.10. The van der Waals surface area contributed by atoms with E-state index in [2.05, 4.69) is 16.0 Å². The SMILES string of the molecule is CSC(=S)NNC(=O)c1cc(C)on1. The van der Waals surface area contributed by atoms with Crippen LogP contribution in [-0.4, -0.2) is 21.6 Å². The van der Waals surface area contributed by atoms with Crippen molar-refractivity contribution < 1.29 is 9.32 Å². The van der Waals surface area contributed by atoms with E-state index in [-0.39, 0.29) is 11.6 Å². The molecule has 1 heterocycles. The van der Waals surface area contributed by atoms with Gasteiger partial charge in [-0.05, 0) is 13.2 Å². The Bertz CT molecular complexity index is 350. The van der Waals surface area contributed by atoms with Gasteiger partial charge in [-0.3, -0.25) is 15.6 Å². The van der Waals surface area contributed by atoms with Gasteiger partial charge in [0.05, 0.1) is 0 Å². The van der Waals surface area contributed by atoms with Gasteiger partial charge in [-0.1, -0.05) is 29.1 Å². The van der Waals surface area contributed by atoms with Gasteiger partial charge in [-0.2, -0.15) is 0 Å². The first-order valence-corrected chi connectivity index (χ1v) is 5.34. The Hall–Kier alpha value is -1.08. The Kier molecular flexibility index (Phi) is 3.90. The average Bonchev–Trinajstić information content (AvgIpc) is 2.60. The molecule has 0 atom stereocenters. The van der Waals surface area contributed by atoms with Gasteiger partial charge in [0.25, 0.3) is 5.91 Å². The molecule has 2 N–H and O–H groups in total. The number of amides is 1. The maximum absolute atomic E-state index is 11.3. The zero-order chi connectivity index (χ0) is 10.6. The first kappa shape index (κ1) is 11.0. The highest BCUT2D eigenvalue weighted by Crippen LogP contribution is 2.00. The first-order chi connectivity index (χ1) is 6.63. The van der Waals surface area contributed by atoms with E-state index in [4.69, 9.17) is 16.7 Å².